The SMILES string of the molecule is CCC(CC)Nc1cnnc(Br)c1. The first kappa shape index (κ1) is 10.4. The van der Waals surface area contributed by atoms with Crippen LogP contribution in [0.25, 0.3) is 0 Å². The molecule has 1 heterocycles. The minimum absolute atomic E-state index is 0.524. The summed E-state index contributed by atoms with van der Waals surface area (Å²) in [6.45, 7) is 4.34. The molecular formula is C9H14BrN3. The Kier molecular flexibility index (Phi) is 4.15. The molecule has 0 bridgehead atoms. The molecule has 1 aromatic heterocycles. The fourth-order valence-electron chi connectivity index (χ4n) is 1.15. The Labute approximate surface area is 87.1 Å². The molecule has 72 valence electrons. The third-order valence-electron chi connectivity index (χ3n) is 1.98. The minimum Gasteiger partial charge on any atom is -0.381 e. The van der Waals surface area contributed by atoms with E-state index in [1.807, 2.05) is 6.07 Å². The van der Waals surface area contributed by atoms with Gasteiger partial charge in [-0.2, -0.15) is 5.10 Å². The number of hydrogen-bond acceptors (Lipinski definition) is 3. The topological polar surface area (TPSA) is 37.8 Å². The predicted molar refractivity (Wildman–Crippen MR) is 57.7 cm³/mol. The number of nitrogens with one attached hydrogen (secondary N) is 1. The van der Waals surface area contributed by atoms with Gasteiger partial charge < -0.3 is 5.32 Å². The van der Waals surface area contributed by atoms with E-state index in [1.165, 1.54) is 0 Å². The molecule has 0 aliphatic heterocycles. The van der Waals surface area contributed by atoms with Gasteiger partial charge in [0.15, 0.2) is 0 Å². The first-order valence-corrected chi connectivity index (χ1v) is 5.30. The Morgan fingerprint density at radius 1 is 1.46 bits per heavy atom. The van der Waals surface area contributed by atoms with Crippen molar-refractivity contribution in [2.45, 2.75) is 32.7 Å². The molecule has 0 atom stereocenters. The van der Waals surface area contributed by atoms with Gasteiger partial charge in [0.25, 0.3) is 0 Å². The van der Waals surface area contributed by atoms with Gasteiger partial charge in [-0.05, 0) is 34.8 Å². The number of aromatic nitrogens is 2. The summed E-state index contributed by atoms with van der Waals surface area (Å²) in [5.41, 5.74) is 1.02. The molecule has 0 fully saturated rings. The molecule has 0 saturated heterocycles. The van der Waals surface area contributed by atoms with E-state index in [0.717, 1.165) is 23.1 Å². The Hall–Kier alpha value is -0.640. The molecule has 13 heavy (non-hydrogen) atoms. The molecule has 0 saturated carbocycles. The molecule has 0 aliphatic rings. The highest BCUT2D eigenvalue weighted by atomic mass is 79.9. The van der Waals surface area contributed by atoms with Crippen molar-refractivity contribution in [3.05, 3.63) is 16.9 Å². The van der Waals surface area contributed by atoms with Crippen molar-refractivity contribution in [3.63, 3.8) is 0 Å². The van der Waals surface area contributed by atoms with E-state index in [0.29, 0.717) is 6.04 Å². The molecular weight excluding hydrogens is 230 g/mol. The first-order chi connectivity index (χ1) is 6.26. The van der Waals surface area contributed by atoms with Crippen molar-refractivity contribution in [3.8, 4) is 0 Å². The quantitative estimate of drug-likeness (QED) is 0.884. The summed E-state index contributed by atoms with van der Waals surface area (Å²) in [5, 5.41) is 11.1. The average Bonchev–Trinajstić information content (AvgIpc) is 2.14. The van der Waals surface area contributed by atoms with Crippen molar-refractivity contribution < 1.29 is 0 Å². The third-order valence-corrected chi connectivity index (χ3v) is 2.37. The van der Waals surface area contributed by atoms with E-state index in [2.05, 4.69) is 45.3 Å². The van der Waals surface area contributed by atoms with Gasteiger partial charge in [0, 0.05) is 6.04 Å². The molecule has 0 unspecified atom stereocenters. The van der Waals surface area contributed by atoms with Crippen LogP contribution in [0.3, 0.4) is 0 Å². The first-order valence-electron chi connectivity index (χ1n) is 4.51. The maximum Gasteiger partial charge on any atom is 0.130 e. The van der Waals surface area contributed by atoms with E-state index >= 15 is 0 Å². The molecule has 0 spiro atoms. The van der Waals surface area contributed by atoms with Gasteiger partial charge in [-0.15, -0.1) is 5.10 Å². The Morgan fingerprint density at radius 2 is 2.15 bits per heavy atom. The summed E-state index contributed by atoms with van der Waals surface area (Å²) in [6, 6.07) is 2.46. The largest absolute Gasteiger partial charge is 0.381 e. The zero-order valence-corrected chi connectivity index (χ0v) is 9.50. The molecule has 0 aromatic carbocycles. The summed E-state index contributed by atoms with van der Waals surface area (Å²) in [4.78, 5) is 0. The lowest BCUT2D eigenvalue weighted by Crippen LogP contribution is -2.17. The Morgan fingerprint density at radius 3 is 2.69 bits per heavy atom. The van der Waals surface area contributed by atoms with Crippen LogP contribution in [-0.4, -0.2) is 16.2 Å². The van der Waals surface area contributed by atoms with Crippen LogP contribution >= 0.6 is 15.9 Å². The fourth-order valence-corrected chi connectivity index (χ4v) is 1.49. The zero-order valence-electron chi connectivity index (χ0n) is 7.92. The third kappa shape index (κ3) is 3.30. The molecule has 3 nitrogen and oxygen atoms in total. The molecule has 1 aromatic rings. The molecule has 1 N–H and O–H groups in total. The predicted octanol–water partition coefficient (Wildman–Crippen LogP) is 2.84. The maximum atomic E-state index is 3.85. The highest BCUT2D eigenvalue weighted by Gasteiger charge is 2.03. The lowest BCUT2D eigenvalue weighted by Gasteiger charge is -2.15. The second-order valence-corrected chi connectivity index (χ2v) is 3.74. The monoisotopic (exact) mass is 243 g/mol. The number of rotatable bonds is 4. The van der Waals surface area contributed by atoms with Crippen molar-refractivity contribution in [2.24, 2.45) is 0 Å². The van der Waals surface area contributed by atoms with E-state index in [-0.39, 0.29) is 0 Å². The highest BCUT2D eigenvalue weighted by Crippen LogP contribution is 2.13. The zero-order chi connectivity index (χ0) is 9.68. The number of nitrogens with zero attached hydrogens (tertiary/aromatic N) is 2. The van der Waals surface area contributed by atoms with Gasteiger partial charge >= 0.3 is 0 Å². The number of halogens is 1. The Balaban J connectivity index is 2.62. The summed E-state index contributed by atoms with van der Waals surface area (Å²) in [6.07, 6.45) is 3.98. The summed E-state index contributed by atoms with van der Waals surface area (Å²) < 4.78 is 0.767. The molecule has 1 rings (SSSR count). The van der Waals surface area contributed by atoms with Gasteiger partial charge in [-0.1, -0.05) is 13.8 Å². The van der Waals surface area contributed by atoms with Crippen LogP contribution in [0.15, 0.2) is 16.9 Å². The van der Waals surface area contributed by atoms with Gasteiger partial charge in [-0.3, -0.25) is 0 Å². The molecule has 0 aliphatic carbocycles. The van der Waals surface area contributed by atoms with Crippen molar-refractivity contribution >= 4 is 21.6 Å². The summed E-state index contributed by atoms with van der Waals surface area (Å²) in [5.74, 6) is 0. The second-order valence-electron chi connectivity index (χ2n) is 2.92. The number of hydrogen-bond donors (Lipinski definition) is 1. The van der Waals surface area contributed by atoms with Gasteiger partial charge in [0.05, 0.1) is 11.9 Å². The Bertz CT molecular complexity index is 261. The van der Waals surface area contributed by atoms with Gasteiger partial charge in [0.1, 0.15) is 4.60 Å². The summed E-state index contributed by atoms with van der Waals surface area (Å²) in [7, 11) is 0. The molecule has 0 amide bonds. The lowest BCUT2D eigenvalue weighted by atomic mass is 10.2. The van der Waals surface area contributed by atoms with Crippen LogP contribution in [0.2, 0.25) is 0 Å². The average molecular weight is 244 g/mol. The van der Waals surface area contributed by atoms with Crippen LogP contribution in [0.1, 0.15) is 26.7 Å². The number of anilines is 1. The van der Waals surface area contributed by atoms with Crippen LogP contribution in [0.4, 0.5) is 5.69 Å². The normalized spacial score (nSPS) is 10.5. The van der Waals surface area contributed by atoms with Crippen molar-refractivity contribution in [2.75, 3.05) is 5.32 Å². The molecule has 0 radical (unpaired) electrons. The standard InChI is InChI=1S/C9H14BrN3/c1-3-7(4-2)12-8-5-9(10)13-11-6-8/h5-7H,3-4H2,1-2H3,(H,12,13). The highest BCUT2D eigenvalue weighted by molar-refractivity contribution is 9.10. The maximum absolute atomic E-state index is 3.85. The smallest absolute Gasteiger partial charge is 0.130 e. The van der Waals surface area contributed by atoms with Gasteiger partial charge in [-0.25, -0.2) is 0 Å². The van der Waals surface area contributed by atoms with Crippen LogP contribution in [0.5, 0.6) is 0 Å². The van der Waals surface area contributed by atoms with Crippen LogP contribution < -0.4 is 5.32 Å². The van der Waals surface area contributed by atoms with Crippen molar-refractivity contribution in [1.82, 2.24) is 10.2 Å². The molecule has 4 heteroatoms. The lowest BCUT2D eigenvalue weighted by molar-refractivity contribution is 0.670. The second kappa shape index (κ2) is 5.17. The van der Waals surface area contributed by atoms with Crippen LogP contribution in [-0.2, 0) is 0 Å². The van der Waals surface area contributed by atoms with E-state index in [1.54, 1.807) is 6.20 Å². The van der Waals surface area contributed by atoms with Crippen molar-refractivity contribution in [1.29, 1.82) is 0 Å². The van der Waals surface area contributed by atoms with Crippen LogP contribution in [0, 0.1) is 0 Å². The summed E-state index contributed by atoms with van der Waals surface area (Å²) >= 11 is 3.28. The van der Waals surface area contributed by atoms with E-state index < -0.39 is 0 Å². The minimum atomic E-state index is 0.524. The van der Waals surface area contributed by atoms with Gasteiger partial charge in [0.2, 0.25) is 0 Å². The van der Waals surface area contributed by atoms with E-state index in [4.69, 9.17) is 0 Å². The van der Waals surface area contributed by atoms with E-state index in [9.17, 15) is 0 Å². The fraction of sp³-hybridized carbons (Fsp3) is 0.556.